The number of methoxy groups -OCH3 is 1. The molecule has 1 heterocycles. The normalized spacial score (nSPS) is 31.9. The van der Waals surface area contributed by atoms with Crippen LogP contribution >= 0.6 is 0 Å². The fourth-order valence-electron chi connectivity index (χ4n) is 1.93. The van der Waals surface area contributed by atoms with Gasteiger partial charge in [0, 0.05) is 26.5 Å². The number of rotatable bonds is 2. The van der Waals surface area contributed by atoms with Crippen LogP contribution in [-0.2, 0) is 14.3 Å². The van der Waals surface area contributed by atoms with Crippen molar-refractivity contribution >= 4 is 11.9 Å². The Labute approximate surface area is 82.6 Å². The Morgan fingerprint density at radius 3 is 2.36 bits per heavy atom. The Morgan fingerprint density at radius 1 is 1.50 bits per heavy atom. The summed E-state index contributed by atoms with van der Waals surface area (Å²) in [6.45, 7) is 3.53. The van der Waals surface area contributed by atoms with Crippen molar-refractivity contribution in [3.8, 4) is 0 Å². The van der Waals surface area contributed by atoms with E-state index in [1.807, 2.05) is 0 Å². The highest BCUT2D eigenvalue weighted by Gasteiger charge is 2.44. The lowest BCUT2D eigenvalue weighted by atomic mass is 10.0. The molecule has 1 fully saturated rings. The van der Waals surface area contributed by atoms with Gasteiger partial charge in [-0.2, -0.15) is 0 Å². The maximum Gasteiger partial charge on any atom is 0.326 e. The van der Waals surface area contributed by atoms with Crippen LogP contribution in [0.3, 0.4) is 0 Å². The van der Waals surface area contributed by atoms with E-state index in [0.29, 0.717) is 6.54 Å². The van der Waals surface area contributed by atoms with E-state index in [0.717, 1.165) is 0 Å². The van der Waals surface area contributed by atoms with Gasteiger partial charge in [0.2, 0.25) is 5.91 Å². The highest BCUT2D eigenvalue weighted by molar-refractivity contribution is 5.83. The second-order valence-electron chi connectivity index (χ2n) is 3.59. The Morgan fingerprint density at radius 2 is 2.07 bits per heavy atom. The van der Waals surface area contributed by atoms with Crippen molar-refractivity contribution < 1.29 is 19.4 Å². The lowest BCUT2D eigenvalue weighted by Gasteiger charge is -2.20. The molecule has 0 aromatic rings. The summed E-state index contributed by atoms with van der Waals surface area (Å²) >= 11 is 0. The molecule has 0 spiro atoms. The molecule has 0 saturated carbocycles. The fourth-order valence-corrected chi connectivity index (χ4v) is 1.93. The van der Waals surface area contributed by atoms with Crippen LogP contribution in [0.25, 0.3) is 0 Å². The van der Waals surface area contributed by atoms with E-state index in [1.54, 1.807) is 6.92 Å². The molecule has 0 aliphatic carbocycles. The second kappa shape index (κ2) is 3.96. The van der Waals surface area contributed by atoms with Crippen LogP contribution in [0.15, 0.2) is 0 Å². The number of carbonyl (C=O) groups excluding carboxylic acids is 1. The standard InChI is InChI=1S/C9H15NO4/c1-5-7(14-3)4-10(6(2)11)8(5)9(12)13/h5,7-8H,4H2,1-3H3,(H,12,13)/t5-,7+,8-/m0/s1. The maximum absolute atomic E-state index is 11.2. The molecule has 1 aliphatic rings. The predicted molar refractivity (Wildman–Crippen MR) is 48.8 cm³/mol. The van der Waals surface area contributed by atoms with Crippen molar-refractivity contribution in [2.45, 2.75) is 26.0 Å². The summed E-state index contributed by atoms with van der Waals surface area (Å²) in [5.41, 5.74) is 0. The van der Waals surface area contributed by atoms with E-state index in [4.69, 9.17) is 9.84 Å². The van der Waals surface area contributed by atoms with E-state index >= 15 is 0 Å². The Bertz CT molecular complexity index is 253. The van der Waals surface area contributed by atoms with Crippen molar-refractivity contribution in [3.63, 3.8) is 0 Å². The van der Waals surface area contributed by atoms with Gasteiger partial charge in [0.15, 0.2) is 0 Å². The largest absolute Gasteiger partial charge is 0.480 e. The Balaban J connectivity index is 2.87. The molecule has 3 atom stereocenters. The van der Waals surface area contributed by atoms with Gasteiger partial charge in [0.25, 0.3) is 0 Å². The van der Waals surface area contributed by atoms with Gasteiger partial charge >= 0.3 is 5.97 Å². The Hall–Kier alpha value is -1.10. The average Bonchev–Trinajstić information content (AvgIpc) is 2.42. The minimum Gasteiger partial charge on any atom is -0.480 e. The first kappa shape index (κ1) is 11.0. The molecule has 1 aliphatic heterocycles. The van der Waals surface area contributed by atoms with Crippen LogP contribution in [-0.4, -0.2) is 47.7 Å². The van der Waals surface area contributed by atoms with Crippen molar-refractivity contribution in [1.82, 2.24) is 4.90 Å². The zero-order chi connectivity index (χ0) is 10.9. The molecule has 1 saturated heterocycles. The van der Waals surface area contributed by atoms with Gasteiger partial charge in [-0.05, 0) is 0 Å². The van der Waals surface area contributed by atoms with E-state index in [2.05, 4.69) is 0 Å². The Kier molecular flexibility index (Phi) is 3.10. The van der Waals surface area contributed by atoms with Crippen LogP contribution in [0.5, 0.6) is 0 Å². The first-order valence-corrected chi connectivity index (χ1v) is 4.51. The minimum absolute atomic E-state index is 0.165. The van der Waals surface area contributed by atoms with Gasteiger partial charge in [-0.25, -0.2) is 4.79 Å². The third kappa shape index (κ3) is 1.72. The van der Waals surface area contributed by atoms with Crippen molar-refractivity contribution in [2.75, 3.05) is 13.7 Å². The monoisotopic (exact) mass is 201 g/mol. The van der Waals surface area contributed by atoms with Crippen LogP contribution in [0.4, 0.5) is 0 Å². The summed E-state index contributed by atoms with van der Waals surface area (Å²) in [5.74, 6) is -1.35. The highest BCUT2D eigenvalue weighted by atomic mass is 16.5. The lowest BCUT2D eigenvalue weighted by molar-refractivity contribution is -0.148. The van der Waals surface area contributed by atoms with Crippen molar-refractivity contribution in [1.29, 1.82) is 0 Å². The van der Waals surface area contributed by atoms with E-state index in [1.165, 1.54) is 18.9 Å². The van der Waals surface area contributed by atoms with Crippen LogP contribution < -0.4 is 0 Å². The molecule has 0 aromatic carbocycles. The average molecular weight is 201 g/mol. The zero-order valence-corrected chi connectivity index (χ0v) is 8.56. The van der Waals surface area contributed by atoms with Gasteiger partial charge in [0.05, 0.1) is 6.10 Å². The van der Waals surface area contributed by atoms with Crippen LogP contribution in [0.2, 0.25) is 0 Å². The van der Waals surface area contributed by atoms with E-state index in [-0.39, 0.29) is 17.9 Å². The molecule has 14 heavy (non-hydrogen) atoms. The third-order valence-corrected chi connectivity index (χ3v) is 2.76. The van der Waals surface area contributed by atoms with Gasteiger partial charge in [-0.3, -0.25) is 4.79 Å². The number of carboxylic acid groups (broad SMARTS) is 1. The first-order valence-electron chi connectivity index (χ1n) is 4.51. The molecular formula is C9H15NO4. The number of likely N-dealkylation sites (tertiary alicyclic amines) is 1. The molecule has 0 bridgehead atoms. The molecule has 1 amide bonds. The SMILES string of the molecule is CO[C@@H]1CN(C(C)=O)[C@H](C(=O)O)[C@H]1C. The summed E-state index contributed by atoms with van der Waals surface area (Å²) in [7, 11) is 1.53. The molecule has 5 heteroatoms. The summed E-state index contributed by atoms with van der Waals surface area (Å²) in [5, 5.41) is 8.97. The summed E-state index contributed by atoms with van der Waals surface area (Å²) < 4.78 is 5.13. The smallest absolute Gasteiger partial charge is 0.326 e. The highest BCUT2D eigenvalue weighted by Crippen LogP contribution is 2.26. The zero-order valence-electron chi connectivity index (χ0n) is 8.56. The van der Waals surface area contributed by atoms with Crippen LogP contribution in [0, 0.1) is 5.92 Å². The molecule has 1 N–H and O–H groups in total. The third-order valence-electron chi connectivity index (χ3n) is 2.76. The minimum atomic E-state index is -0.966. The van der Waals surface area contributed by atoms with Gasteiger partial charge < -0.3 is 14.7 Å². The molecule has 0 aromatic heterocycles. The van der Waals surface area contributed by atoms with E-state index < -0.39 is 12.0 Å². The number of carboxylic acids is 1. The predicted octanol–water partition coefficient (Wildman–Crippen LogP) is -0.0472. The molecular weight excluding hydrogens is 186 g/mol. The number of hydrogen-bond acceptors (Lipinski definition) is 3. The van der Waals surface area contributed by atoms with Crippen molar-refractivity contribution in [3.05, 3.63) is 0 Å². The lowest BCUT2D eigenvalue weighted by Crippen LogP contribution is -2.41. The van der Waals surface area contributed by atoms with Crippen LogP contribution in [0.1, 0.15) is 13.8 Å². The van der Waals surface area contributed by atoms with Crippen molar-refractivity contribution in [2.24, 2.45) is 5.92 Å². The fraction of sp³-hybridized carbons (Fsp3) is 0.778. The summed E-state index contributed by atoms with van der Waals surface area (Å²) in [6, 6.07) is -0.752. The number of aliphatic carboxylic acids is 1. The molecule has 0 unspecified atom stereocenters. The molecule has 1 rings (SSSR count). The maximum atomic E-state index is 11.2. The second-order valence-corrected chi connectivity index (χ2v) is 3.59. The van der Waals surface area contributed by atoms with E-state index in [9.17, 15) is 9.59 Å². The molecule has 5 nitrogen and oxygen atoms in total. The molecule has 0 radical (unpaired) electrons. The first-order chi connectivity index (χ1) is 6.49. The van der Waals surface area contributed by atoms with Gasteiger partial charge in [-0.1, -0.05) is 6.92 Å². The molecule has 80 valence electrons. The topological polar surface area (TPSA) is 66.8 Å². The van der Waals surface area contributed by atoms with Gasteiger partial charge in [0.1, 0.15) is 6.04 Å². The number of amides is 1. The number of nitrogens with zero attached hydrogens (tertiary/aromatic N) is 1. The van der Waals surface area contributed by atoms with Gasteiger partial charge in [-0.15, -0.1) is 0 Å². The summed E-state index contributed by atoms with van der Waals surface area (Å²) in [4.78, 5) is 23.5. The summed E-state index contributed by atoms with van der Waals surface area (Å²) in [6.07, 6.45) is -0.181. The number of carbonyl (C=O) groups is 2. The number of ether oxygens (including phenoxy) is 1. The quantitative estimate of drug-likeness (QED) is 0.680. The number of hydrogen-bond donors (Lipinski definition) is 1.